The van der Waals surface area contributed by atoms with E-state index in [2.05, 4.69) is 10.3 Å². The van der Waals surface area contributed by atoms with Gasteiger partial charge in [0.2, 0.25) is 0 Å². The quantitative estimate of drug-likeness (QED) is 0.764. The Morgan fingerprint density at radius 1 is 1.25 bits per heavy atom. The average Bonchev–Trinajstić information content (AvgIpc) is 3.26. The Hall–Kier alpha value is -1.95. The first-order chi connectivity index (χ1) is 11.8. The minimum Gasteiger partial charge on any atom is -0.448 e. The van der Waals surface area contributed by atoms with Crippen LogP contribution < -0.4 is 5.32 Å². The van der Waals surface area contributed by atoms with Crippen LogP contribution in [-0.4, -0.2) is 15.0 Å². The maximum atomic E-state index is 5.31. The standard InChI is InChI=1S/C18H20N4OS/c1-10-13(20-9-23-10)8-19-17-15-12-4-2-3-5-14(12)24-18(15)22-16(21-17)11-6-7-11/h9,11H,2-8H2,1H3,(H,19,21,22). The molecule has 5 rings (SSSR count). The average molecular weight is 340 g/mol. The summed E-state index contributed by atoms with van der Waals surface area (Å²) in [4.78, 5) is 16.8. The summed E-state index contributed by atoms with van der Waals surface area (Å²) in [6.07, 6.45) is 8.85. The summed E-state index contributed by atoms with van der Waals surface area (Å²) in [5.41, 5.74) is 2.42. The number of aryl methyl sites for hydroxylation is 3. The van der Waals surface area contributed by atoms with Gasteiger partial charge in [-0.05, 0) is 51.0 Å². The molecule has 3 aromatic rings. The van der Waals surface area contributed by atoms with E-state index in [1.54, 1.807) is 0 Å². The van der Waals surface area contributed by atoms with Crippen LogP contribution in [0.15, 0.2) is 10.8 Å². The van der Waals surface area contributed by atoms with Crippen molar-refractivity contribution in [2.75, 3.05) is 5.32 Å². The van der Waals surface area contributed by atoms with E-state index in [0.29, 0.717) is 12.5 Å². The zero-order valence-corrected chi connectivity index (χ0v) is 14.6. The van der Waals surface area contributed by atoms with Gasteiger partial charge in [-0.2, -0.15) is 0 Å². The van der Waals surface area contributed by atoms with Crippen LogP contribution in [0.1, 0.15) is 59.3 Å². The number of rotatable bonds is 4. The lowest BCUT2D eigenvalue weighted by Crippen LogP contribution is -2.07. The molecule has 1 N–H and O–H groups in total. The van der Waals surface area contributed by atoms with Crippen LogP contribution in [0, 0.1) is 6.92 Å². The van der Waals surface area contributed by atoms with Gasteiger partial charge in [0.25, 0.3) is 0 Å². The lowest BCUT2D eigenvalue weighted by atomic mass is 9.97. The number of thiophene rings is 1. The number of hydrogen-bond acceptors (Lipinski definition) is 6. The van der Waals surface area contributed by atoms with E-state index in [9.17, 15) is 0 Å². The van der Waals surface area contributed by atoms with E-state index in [1.165, 1.54) is 54.3 Å². The van der Waals surface area contributed by atoms with Crippen molar-refractivity contribution < 1.29 is 4.42 Å². The van der Waals surface area contributed by atoms with E-state index in [4.69, 9.17) is 14.4 Å². The van der Waals surface area contributed by atoms with Crippen molar-refractivity contribution in [1.29, 1.82) is 0 Å². The highest BCUT2D eigenvalue weighted by Gasteiger charge is 2.29. The normalized spacial score (nSPS) is 17.2. The Labute approximate surface area is 144 Å². The van der Waals surface area contributed by atoms with Crippen molar-refractivity contribution in [3.05, 3.63) is 34.1 Å². The number of nitrogens with one attached hydrogen (secondary N) is 1. The van der Waals surface area contributed by atoms with E-state index in [0.717, 1.165) is 34.3 Å². The molecule has 0 aromatic carbocycles. The van der Waals surface area contributed by atoms with Crippen LogP contribution in [0.2, 0.25) is 0 Å². The Morgan fingerprint density at radius 3 is 2.92 bits per heavy atom. The second-order valence-electron chi connectivity index (χ2n) is 6.80. The second-order valence-corrected chi connectivity index (χ2v) is 7.89. The van der Waals surface area contributed by atoms with E-state index >= 15 is 0 Å². The molecule has 0 bridgehead atoms. The van der Waals surface area contributed by atoms with Crippen molar-refractivity contribution in [3.63, 3.8) is 0 Å². The lowest BCUT2D eigenvalue weighted by Gasteiger charge is -2.13. The highest BCUT2D eigenvalue weighted by Crippen LogP contribution is 2.43. The zero-order chi connectivity index (χ0) is 16.1. The molecule has 3 aromatic heterocycles. The van der Waals surface area contributed by atoms with Crippen molar-refractivity contribution in [2.24, 2.45) is 0 Å². The maximum Gasteiger partial charge on any atom is 0.181 e. The number of oxazole rings is 1. The minimum atomic E-state index is 0.558. The molecule has 124 valence electrons. The number of fused-ring (bicyclic) bond motifs is 3. The van der Waals surface area contributed by atoms with Gasteiger partial charge in [-0.25, -0.2) is 15.0 Å². The summed E-state index contributed by atoms with van der Waals surface area (Å²) in [6, 6.07) is 0. The number of anilines is 1. The van der Waals surface area contributed by atoms with E-state index in [1.807, 2.05) is 18.3 Å². The van der Waals surface area contributed by atoms with Gasteiger partial charge in [0.1, 0.15) is 27.9 Å². The SMILES string of the molecule is Cc1ocnc1CNc1nc(C2CC2)nc2sc3c(c12)CCCC3. The number of hydrogen-bond donors (Lipinski definition) is 1. The van der Waals surface area contributed by atoms with E-state index < -0.39 is 0 Å². The smallest absolute Gasteiger partial charge is 0.181 e. The molecule has 0 unspecified atom stereocenters. The Kier molecular flexibility index (Phi) is 3.33. The molecule has 2 aliphatic rings. The van der Waals surface area contributed by atoms with Crippen LogP contribution in [0.4, 0.5) is 5.82 Å². The highest BCUT2D eigenvalue weighted by molar-refractivity contribution is 7.19. The molecule has 0 amide bonds. The summed E-state index contributed by atoms with van der Waals surface area (Å²) >= 11 is 1.87. The van der Waals surface area contributed by atoms with Gasteiger partial charge in [-0.1, -0.05) is 0 Å². The molecule has 24 heavy (non-hydrogen) atoms. The third kappa shape index (κ3) is 2.40. The fraction of sp³-hybridized carbons (Fsp3) is 0.500. The molecule has 0 radical (unpaired) electrons. The highest BCUT2D eigenvalue weighted by atomic mass is 32.1. The molecule has 0 saturated heterocycles. The summed E-state index contributed by atoms with van der Waals surface area (Å²) < 4.78 is 5.31. The van der Waals surface area contributed by atoms with Gasteiger partial charge >= 0.3 is 0 Å². The van der Waals surface area contributed by atoms with Crippen molar-refractivity contribution >= 4 is 27.4 Å². The Balaban J connectivity index is 1.58. The van der Waals surface area contributed by atoms with Crippen LogP contribution >= 0.6 is 11.3 Å². The van der Waals surface area contributed by atoms with Crippen LogP contribution in [-0.2, 0) is 19.4 Å². The Bertz CT molecular complexity index is 909. The van der Waals surface area contributed by atoms with Crippen LogP contribution in [0.5, 0.6) is 0 Å². The molecular formula is C18H20N4OS. The first-order valence-corrected chi connectivity index (χ1v) is 9.56. The predicted octanol–water partition coefficient (Wildman–Crippen LogP) is 4.36. The fourth-order valence-corrected chi connectivity index (χ4v) is 4.76. The van der Waals surface area contributed by atoms with Gasteiger partial charge in [-0.3, -0.25) is 0 Å². The largest absolute Gasteiger partial charge is 0.448 e. The second kappa shape index (κ2) is 5.55. The van der Waals surface area contributed by atoms with Crippen LogP contribution in [0.25, 0.3) is 10.2 Å². The predicted molar refractivity (Wildman–Crippen MR) is 94.6 cm³/mol. The molecule has 0 atom stereocenters. The van der Waals surface area contributed by atoms with Gasteiger partial charge in [-0.15, -0.1) is 11.3 Å². The molecule has 1 fully saturated rings. The third-order valence-corrected chi connectivity index (χ3v) is 6.23. The fourth-order valence-electron chi connectivity index (χ4n) is 3.49. The summed E-state index contributed by atoms with van der Waals surface area (Å²) in [7, 11) is 0. The number of nitrogens with zero attached hydrogens (tertiary/aromatic N) is 3. The van der Waals surface area contributed by atoms with E-state index in [-0.39, 0.29) is 0 Å². The molecule has 5 nitrogen and oxygen atoms in total. The first kappa shape index (κ1) is 14.4. The minimum absolute atomic E-state index is 0.558. The summed E-state index contributed by atoms with van der Waals surface area (Å²) in [6.45, 7) is 2.59. The van der Waals surface area contributed by atoms with Gasteiger partial charge < -0.3 is 9.73 Å². The molecule has 0 aliphatic heterocycles. The molecule has 3 heterocycles. The van der Waals surface area contributed by atoms with Crippen molar-refractivity contribution in [3.8, 4) is 0 Å². The lowest BCUT2D eigenvalue weighted by molar-refractivity contribution is 0.524. The molecule has 1 saturated carbocycles. The molecule has 0 spiro atoms. The monoisotopic (exact) mass is 340 g/mol. The zero-order valence-electron chi connectivity index (χ0n) is 13.8. The van der Waals surface area contributed by atoms with Gasteiger partial charge in [0.15, 0.2) is 6.39 Å². The summed E-state index contributed by atoms with van der Waals surface area (Å²) in [5.74, 6) is 3.43. The topological polar surface area (TPSA) is 63.8 Å². The molecule has 2 aliphatic carbocycles. The van der Waals surface area contributed by atoms with Gasteiger partial charge in [0.05, 0.1) is 11.9 Å². The Morgan fingerprint density at radius 2 is 2.12 bits per heavy atom. The molecule has 6 heteroatoms. The number of aromatic nitrogens is 3. The van der Waals surface area contributed by atoms with Crippen molar-refractivity contribution in [2.45, 2.75) is 57.9 Å². The first-order valence-electron chi connectivity index (χ1n) is 8.74. The summed E-state index contributed by atoms with van der Waals surface area (Å²) in [5, 5.41) is 4.77. The van der Waals surface area contributed by atoms with Crippen molar-refractivity contribution in [1.82, 2.24) is 15.0 Å². The third-order valence-electron chi connectivity index (χ3n) is 5.04. The van der Waals surface area contributed by atoms with Gasteiger partial charge in [0, 0.05) is 10.8 Å². The molecular weight excluding hydrogens is 320 g/mol. The maximum absolute atomic E-state index is 5.31. The van der Waals surface area contributed by atoms with Crippen LogP contribution in [0.3, 0.4) is 0 Å².